The summed E-state index contributed by atoms with van der Waals surface area (Å²) in [5.74, 6) is 0.821. The van der Waals surface area contributed by atoms with E-state index in [1.807, 2.05) is 43.4 Å². The second kappa shape index (κ2) is 11.9. The molecule has 2 N–H and O–H groups in total. The van der Waals surface area contributed by atoms with Gasteiger partial charge in [-0.25, -0.2) is 0 Å². The Morgan fingerprint density at radius 3 is 2.56 bits per heavy atom. The zero-order valence-corrected chi connectivity index (χ0v) is 17.7. The van der Waals surface area contributed by atoms with Crippen molar-refractivity contribution in [2.75, 3.05) is 20.6 Å². The molecule has 0 bridgehead atoms. The minimum atomic E-state index is 0. The fourth-order valence-corrected chi connectivity index (χ4v) is 2.87. The van der Waals surface area contributed by atoms with Crippen LogP contribution in [0.1, 0.15) is 16.9 Å². The van der Waals surface area contributed by atoms with Crippen LogP contribution in [0.25, 0.3) is 0 Å². The Labute approximate surface area is 170 Å². The van der Waals surface area contributed by atoms with Crippen molar-refractivity contribution in [1.29, 1.82) is 0 Å². The molecule has 0 aliphatic heterocycles. The lowest BCUT2D eigenvalue weighted by Gasteiger charge is -2.18. The summed E-state index contributed by atoms with van der Waals surface area (Å²) in [6.07, 6.45) is 0.434. The lowest BCUT2D eigenvalue weighted by molar-refractivity contribution is -0.130. The van der Waals surface area contributed by atoms with Crippen LogP contribution < -0.4 is 10.6 Å². The first-order chi connectivity index (χ1) is 11.7. The van der Waals surface area contributed by atoms with E-state index in [0.29, 0.717) is 25.5 Å². The van der Waals surface area contributed by atoms with Gasteiger partial charge in [0.05, 0.1) is 6.54 Å². The van der Waals surface area contributed by atoms with E-state index in [9.17, 15) is 4.79 Å². The summed E-state index contributed by atoms with van der Waals surface area (Å²) < 4.78 is 0. The van der Waals surface area contributed by atoms with E-state index in [2.05, 4.69) is 27.1 Å². The van der Waals surface area contributed by atoms with Gasteiger partial charge in [0, 0.05) is 38.5 Å². The highest BCUT2D eigenvalue weighted by atomic mass is 127. The fraction of sp³-hybridized carbons (Fsp3) is 0.333. The molecule has 0 saturated carbocycles. The van der Waals surface area contributed by atoms with Crippen LogP contribution >= 0.6 is 35.3 Å². The Kier molecular flexibility index (Phi) is 10.2. The number of benzene rings is 1. The van der Waals surface area contributed by atoms with Gasteiger partial charge in [-0.05, 0) is 17.0 Å². The average molecular weight is 472 g/mol. The predicted molar refractivity (Wildman–Crippen MR) is 115 cm³/mol. The first kappa shape index (κ1) is 21.4. The van der Waals surface area contributed by atoms with Gasteiger partial charge in [0.15, 0.2) is 5.96 Å². The first-order valence-electron chi connectivity index (χ1n) is 7.94. The summed E-state index contributed by atoms with van der Waals surface area (Å²) in [5.41, 5.74) is 1.13. The molecule has 25 heavy (non-hydrogen) atoms. The molecule has 0 unspecified atom stereocenters. The molecule has 1 aromatic heterocycles. The largest absolute Gasteiger partial charge is 0.356 e. The zero-order valence-electron chi connectivity index (χ0n) is 14.6. The van der Waals surface area contributed by atoms with Crippen molar-refractivity contribution < 1.29 is 4.79 Å². The van der Waals surface area contributed by atoms with Gasteiger partial charge in [-0.3, -0.25) is 9.79 Å². The van der Waals surface area contributed by atoms with Gasteiger partial charge in [0.25, 0.3) is 0 Å². The lowest BCUT2D eigenvalue weighted by atomic mass is 10.2. The molecule has 2 rings (SSSR count). The predicted octanol–water partition coefficient (Wildman–Crippen LogP) is 3.08. The number of hydrogen-bond donors (Lipinski definition) is 2. The fourth-order valence-electron chi connectivity index (χ4n) is 2.23. The summed E-state index contributed by atoms with van der Waals surface area (Å²) in [6.45, 7) is 1.92. The maximum absolute atomic E-state index is 12.2. The molecule has 0 aliphatic carbocycles. The van der Waals surface area contributed by atoms with Gasteiger partial charge >= 0.3 is 0 Å². The zero-order chi connectivity index (χ0) is 17.2. The van der Waals surface area contributed by atoms with Gasteiger partial charge in [-0.1, -0.05) is 36.4 Å². The van der Waals surface area contributed by atoms with E-state index >= 15 is 0 Å². The number of carbonyl (C=O) groups excluding carboxylic acids is 1. The Bertz CT molecular complexity index is 646. The van der Waals surface area contributed by atoms with Crippen LogP contribution in [0.2, 0.25) is 0 Å². The highest BCUT2D eigenvalue weighted by Gasteiger charge is 2.09. The van der Waals surface area contributed by atoms with E-state index < -0.39 is 0 Å². The summed E-state index contributed by atoms with van der Waals surface area (Å²) in [7, 11) is 3.56. The van der Waals surface area contributed by atoms with E-state index in [0.717, 1.165) is 12.1 Å². The Morgan fingerprint density at radius 1 is 1.16 bits per heavy atom. The summed E-state index contributed by atoms with van der Waals surface area (Å²) in [6, 6.07) is 14.1. The van der Waals surface area contributed by atoms with Crippen molar-refractivity contribution in [3.63, 3.8) is 0 Å². The normalized spacial score (nSPS) is 10.7. The maximum Gasteiger partial charge on any atom is 0.224 e. The third kappa shape index (κ3) is 7.87. The van der Waals surface area contributed by atoms with Gasteiger partial charge in [-0.15, -0.1) is 35.3 Å². The van der Waals surface area contributed by atoms with Gasteiger partial charge in [0.2, 0.25) is 5.91 Å². The number of guanidine groups is 1. The monoisotopic (exact) mass is 472 g/mol. The highest BCUT2D eigenvalue weighted by molar-refractivity contribution is 14.0. The van der Waals surface area contributed by atoms with Gasteiger partial charge in [-0.2, -0.15) is 0 Å². The van der Waals surface area contributed by atoms with Crippen LogP contribution in [-0.4, -0.2) is 37.4 Å². The van der Waals surface area contributed by atoms with Crippen LogP contribution in [0.4, 0.5) is 0 Å². The molecule has 0 atom stereocenters. The standard InChI is InChI=1S/C18H24N4OS.HI/c1-19-18(21-13-16-9-6-12-24-16)20-11-10-17(23)22(2)14-15-7-4-3-5-8-15;/h3-9,12H,10-11,13-14H2,1-2H3,(H2,19,20,21);1H. The first-order valence-corrected chi connectivity index (χ1v) is 8.82. The Morgan fingerprint density at radius 2 is 1.92 bits per heavy atom. The number of rotatable bonds is 7. The topological polar surface area (TPSA) is 56.7 Å². The molecule has 0 aliphatic rings. The Hall–Kier alpha value is -1.61. The maximum atomic E-state index is 12.2. The number of hydrogen-bond acceptors (Lipinski definition) is 3. The van der Waals surface area contributed by atoms with E-state index in [1.54, 1.807) is 23.3 Å². The van der Waals surface area contributed by atoms with E-state index in [1.165, 1.54) is 4.88 Å². The van der Waals surface area contributed by atoms with E-state index in [4.69, 9.17) is 0 Å². The SMILES string of the molecule is CN=C(NCCC(=O)N(C)Cc1ccccc1)NCc1cccs1.I. The Balaban J connectivity index is 0.00000312. The minimum Gasteiger partial charge on any atom is -0.356 e. The van der Waals surface area contributed by atoms with Crippen molar-refractivity contribution in [2.45, 2.75) is 19.5 Å². The molecule has 1 heterocycles. The smallest absolute Gasteiger partial charge is 0.224 e. The molecule has 5 nitrogen and oxygen atoms in total. The van der Waals surface area contributed by atoms with Crippen molar-refractivity contribution in [3.8, 4) is 0 Å². The quantitative estimate of drug-likeness (QED) is 0.370. The molecule has 1 amide bonds. The minimum absolute atomic E-state index is 0. The number of amides is 1. The van der Waals surface area contributed by atoms with Crippen LogP contribution in [0.15, 0.2) is 52.8 Å². The van der Waals surface area contributed by atoms with Gasteiger partial charge in [0.1, 0.15) is 0 Å². The van der Waals surface area contributed by atoms with Crippen LogP contribution in [-0.2, 0) is 17.9 Å². The number of aliphatic imine (C=N–C) groups is 1. The van der Waals surface area contributed by atoms with Crippen LogP contribution in [0, 0.1) is 0 Å². The molecule has 136 valence electrons. The molecule has 1 aromatic carbocycles. The highest BCUT2D eigenvalue weighted by Crippen LogP contribution is 2.07. The molecular weight excluding hydrogens is 447 g/mol. The average Bonchev–Trinajstić information content (AvgIpc) is 3.12. The van der Waals surface area contributed by atoms with E-state index in [-0.39, 0.29) is 29.9 Å². The van der Waals surface area contributed by atoms with Crippen LogP contribution in [0.3, 0.4) is 0 Å². The van der Waals surface area contributed by atoms with Crippen molar-refractivity contribution in [2.24, 2.45) is 4.99 Å². The third-order valence-electron chi connectivity index (χ3n) is 3.55. The van der Waals surface area contributed by atoms with Crippen molar-refractivity contribution in [3.05, 3.63) is 58.3 Å². The third-order valence-corrected chi connectivity index (χ3v) is 4.43. The molecule has 2 aromatic rings. The summed E-state index contributed by atoms with van der Waals surface area (Å²) >= 11 is 1.70. The molecule has 0 spiro atoms. The second-order valence-electron chi connectivity index (χ2n) is 5.42. The molecule has 7 heteroatoms. The molecule has 0 fully saturated rings. The number of nitrogens with zero attached hydrogens (tertiary/aromatic N) is 2. The summed E-state index contributed by atoms with van der Waals surface area (Å²) in [4.78, 5) is 19.4. The number of halogens is 1. The number of carbonyl (C=O) groups is 1. The van der Waals surface area contributed by atoms with Gasteiger partial charge < -0.3 is 15.5 Å². The van der Waals surface area contributed by atoms with Crippen molar-refractivity contribution in [1.82, 2.24) is 15.5 Å². The molecule has 0 saturated heterocycles. The lowest BCUT2D eigenvalue weighted by Crippen LogP contribution is -2.39. The van der Waals surface area contributed by atoms with Crippen molar-refractivity contribution >= 4 is 47.2 Å². The number of thiophene rings is 1. The molecular formula is C18H25IN4OS. The van der Waals surface area contributed by atoms with Crippen LogP contribution in [0.5, 0.6) is 0 Å². The number of nitrogens with one attached hydrogen (secondary N) is 2. The summed E-state index contributed by atoms with van der Waals surface area (Å²) in [5, 5.41) is 8.47. The second-order valence-corrected chi connectivity index (χ2v) is 6.45. The molecule has 0 radical (unpaired) electrons.